The standard InChI is InChI=1S/C9H14N2O5S/c1-10-7(8(12)13)4-11(9(10)14)6-2-3-17(15,16)5-6/h6-7H,2-5H2,1H3,(H,12,13). The predicted molar refractivity (Wildman–Crippen MR) is 58.3 cm³/mol. The molecule has 0 bridgehead atoms. The molecule has 8 heteroatoms. The SMILES string of the molecule is CN1C(=O)N(C2CCS(=O)(=O)C2)CC1C(=O)O. The Morgan fingerprint density at radius 3 is 2.53 bits per heavy atom. The molecule has 0 aliphatic carbocycles. The van der Waals surface area contributed by atoms with Gasteiger partial charge in [0.1, 0.15) is 6.04 Å². The van der Waals surface area contributed by atoms with Crippen molar-refractivity contribution in [3.05, 3.63) is 0 Å². The van der Waals surface area contributed by atoms with Crippen molar-refractivity contribution in [2.45, 2.75) is 18.5 Å². The van der Waals surface area contributed by atoms with Crippen LogP contribution in [0.15, 0.2) is 0 Å². The van der Waals surface area contributed by atoms with Crippen LogP contribution in [0.25, 0.3) is 0 Å². The summed E-state index contributed by atoms with van der Waals surface area (Å²) in [6, 6.07) is -1.66. The number of carboxylic acid groups (broad SMARTS) is 1. The largest absolute Gasteiger partial charge is 0.480 e. The van der Waals surface area contributed by atoms with E-state index in [4.69, 9.17) is 5.11 Å². The molecule has 0 aromatic carbocycles. The highest BCUT2D eigenvalue weighted by Gasteiger charge is 2.44. The number of nitrogens with zero attached hydrogens (tertiary/aromatic N) is 2. The predicted octanol–water partition coefficient (Wildman–Crippen LogP) is -1.01. The van der Waals surface area contributed by atoms with Gasteiger partial charge >= 0.3 is 12.0 Å². The Balaban J connectivity index is 2.14. The van der Waals surface area contributed by atoms with E-state index >= 15 is 0 Å². The van der Waals surface area contributed by atoms with Gasteiger partial charge in [-0.05, 0) is 6.42 Å². The highest BCUT2D eigenvalue weighted by molar-refractivity contribution is 7.91. The third-order valence-electron chi connectivity index (χ3n) is 3.32. The fourth-order valence-corrected chi connectivity index (χ4v) is 4.02. The number of sulfone groups is 1. The monoisotopic (exact) mass is 262 g/mol. The van der Waals surface area contributed by atoms with Gasteiger partial charge in [-0.25, -0.2) is 18.0 Å². The zero-order chi connectivity index (χ0) is 12.8. The minimum Gasteiger partial charge on any atom is -0.480 e. The lowest BCUT2D eigenvalue weighted by Crippen LogP contribution is -2.39. The molecule has 0 saturated carbocycles. The van der Waals surface area contributed by atoms with Crippen molar-refractivity contribution in [2.75, 3.05) is 25.1 Å². The molecule has 17 heavy (non-hydrogen) atoms. The first-order valence-electron chi connectivity index (χ1n) is 5.28. The number of rotatable bonds is 2. The van der Waals surface area contributed by atoms with Crippen LogP contribution in [-0.4, -0.2) is 72.5 Å². The number of aliphatic carboxylic acids is 1. The summed E-state index contributed by atoms with van der Waals surface area (Å²) in [4.78, 5) is 25.2. The van der Waals surface area contributed by atoms with Crippen molar-refractivity contribution in [3.8, 4) is 0 Å². The Kier molecular flexibility index (Phi) is 2.76. The summed E-state index contributed by atoms with van der Waals surface area (Å²) in [5, 5.41) is 8.93. The average molecular weight is 262 g/mol. The topological polar surface area (TPSA) is 95.0 Å². The molecule has 2 rings (SSSR count). The molecule has 96 valence electrons. The Morgan fingerprint density at radius 2 is 2.12 bits per heavy atom. The number of amides is 2. The molecular weight excluding hydrogens is 248 g/mol. The van der Waals surface area contributed by atoms with Gasteiger partial charge in [0.25, 0.3) is 0 Å². The zero-order valence-electron chi connectivity index (χ0n) is 9.37. The van der Waals surface area contributed by atoms with E-state index in [1.807, 2.05) is 0 Å². The van der Waals surface area contributed by atoms with Crippen molar-refractivity contribution in [2.24, 2.45) is 0 Å². The third kappa shape index (κ3) is 2.08. The van der Waals surface area contributed by atoms with Gasteiger partial charge in [-0.2, -0.15) is 0 Å². The molecule has 2 aliphatic heterocycles. The summed E-state index contributed by atoms with van der Waals surface area (Å²) < 4.78 is 22.7. The van der Waals surface area contributed by atoms with Crippen molar-refractivity contribution in [3.63, 3.8) is 0 Å². The lowest BCUT2D eigenvalue weighted by atomic mass is 10.2. The highest BCUT2D eigenvalue weighted by atomic mass is 32.2. The van der Waals surface area contributed by atoms with Crippen LogP contribution < -0.4 is 0 Å². The van der Waals surface area contributed by atoms with E-state index in [2.05, 4.69) is 0 Å². The normalized spacial score (nSPS) is 32.2. The van der Waals surface area contributed by atoms with Crippen LogP contribution in [0, 0.1) is 0 Å². The first kappa shape index (κ1) is 12.2. The summed E-state index contributed by atoms with van der Waals surface area (Å²) in [6.45, 7) is 0.0604. The molecule has 2 saturated heterocycles. The van der Waals surface area contributed by atoms with Crippen LogP contribution in [0.2, 0.25) is 0 Å². The quantitative estimate of drug-likeness (QED) is 0.688. The van der Waals surface area contributed by atoms with E-state index in [0.29, 0.717) is 6.42 Å². The summed E-state index contributed by atoms with van der Waals surface area (Å²) >= 11 is 0. The molecule has 0 spiro atoms. The van der Waals surface area contributed by atoms with Gasteiger partial charge < -0.3 is 14.9 Å². The first-order chi connectivity index (χ1) is 7.82. The summed E-state index contributed by atoms with van der Waals surface area (Å²) in [5.74, 6) is -1.05. The number of hydrogen-bond acceptors (Lipinski definition) is 4. The zero-order valence-corrected chi connectivity index (χ0v) is 10.2. The van der Waals surface area contributed by atoms with Gasteiger partial charge in [-0.15, -0.1) is 0 Å². The fourth-order valence-electron chi connectivity index (χ4n) is 2.29. The second kappa shape index (κ2) is 3.86. The van der Waals surface area contributed by atoms with Crippen molar-refractivity contribution in [1.82, 2.24) is 9.80 Å². The molecule has 1 N–H and O–H groups in total. The number of carbonyl (C=O) groups excluding carboxylic acids is 1. The number of carbonyl (C=O) groups is 2. The van der Waals surface area contributed by atoms with E-state index in [1.165, 1.54) is 11.9 Å². The van der Waals surface area contributed by atoms with Gasteiger partial charge in [0.2, 0.25) is 0 Å². The number of hydrogen-bond donors (Lipinski definition) is 1. The second-order valence-corrected chi connectivity index (χ2v) is 6.69. The summed E-state index contributed by atoms with van der Waals surface area (Å²) in [6.07, 6.45) is 0.397. The molecule has 0 aromatic heterocycles. The van der Waals surface area contributed by atoms with Gasteiger partial charge in [0.05, 0.1) is 18.1 Å². The fraction of sp³-hybridized carbons (Fsp3) is 0.778. The van der Waals surface area contributed by atoms with Crippen LogP contribution in [0.4, 0.5) is 4.79 Å². The third-order valence-corrected chi connectivity index (χ3v) is 5.07. The van der Waals surface area contributed by atoms with Gasteiger partial charge in [0.15, 0.2) is 9.84 Å². The summed E-state index contributed by atoms with van der Waals surface area (Å²) in [7, 11) is -1.65. The van der Waals surface area contributed by atoms with Crippen LogP contribution in [-0.2, 0) is 14.6 Å². The molecule has 2 amide bonds. The Hall–Kier alpha value is -1.31. The van der Waals surface area contributed by atoms with Crippen molar-refractivity contribution in [1.29, 1.82) is 0 Å². The van der Waals surface area contributed by atoms with Crippen LogP contribution in [0.3, 0.4) is 0 Å². The molecule has 0 radical (unpaired) electrons. The lowest BCUT2D eigenvalue weighted by Gasteiger charge is -2.21. The number of carboxylic acids is 1. The maximum absolute atomic E-state index is 11.8. The maximum Gasteiger partial charge on any atom is 0.328 e. The molecule has 2 atom stereocenters. The number of likely N-dealkylation sites (N-methyl/N-ethyl adjacent to an activating group) is 1. The molecular formula is C9H14N2O5S. The highest BCUT2D eigenvalue weighted by Crippen LogP contribution is 2.24. The minimum absolute atomic E-state index is 0.0566. The van der Waals surface area contributed by atoms with Crippen LogP contribution >= 0.6 is 0 Å². The smallest absolute Gasteiger partial charge is 0.328 e. The lowest BCUT2D eigenvalue weighted by molar-refractivity contribution is -0.140. The average Bonchev–Trinajstić information content (AvgIpc) is 2.70. The van der Waals surface area contributed by atoms with Crippen LogP contribution in [0.5, 0.6) is 0 Å². The van der Waals surface area contributed by atoms with Crippen LogP contribution in [0.1, 0.15) is 6.42 Å². The van der Waals surface area contributed by atoms with Crippen molar-refractivity contribution >= 4 is 21.8 Å². The summed E-state index contributed by atoms with van der Waals surface area (Å²) in [5.41, 5.74) is 0. The molecule has 2 heterocycles. The Labute approximate surface area is 98.9 Å². The number of urea groups is 1. The second-order valence-electron chi connectivity index (χ2n) is 4.46. The van der Waals surface area contributed by atoms with E-state index in [9.17, 15) is 18.0 Å². The van der Waals surface area contributed by atoms with Gasteiger partial charge in [-0.1, -0.05) is 0 Å². The molecule has 2 aliphatic rings. The molecule has 2 fully saturated rings. The van der Waals surface area contributed by atoms with E-state index in [-0.39, 0.29) is 24.1 Å². The Morgan fingerprint density at radius 1 is 1.47 bits per heavy atom. The van der Waals surface area contributed by atoms with Crippen molar-refractivity contribution < 1.29 is 23.1 Å². The van der Waals surface area contributed by atoms with Gasteiger partial charge in [0, 0.05) is 13.1 Å². The van der Waals surface area contributed by atoms with E-state index in [0.717, 1.165) is 4.90 Å². The van der Waals surface area contributed by atoms with Gasteiger partial charge in [-0.3, -0.25) is 0 Å². The molecule has 2 unspecified atom stereocenters. The molecule has 0 aromatic rings. The minimum atomic E-state index is -3.07. The Bertz CT molecular complexity index is 460. The molecule has 7 nitrogen and oxygen atoms in total. The van der Waals surface area contributed by atoms with E-state index in [1.54, 1.807) is 0 Å². The van der Waals surface area contributed by atoms with E-state index < -0.39 is 27.9 Å². The maximum atomic E-state index is 11.8. The first-order valence-corrected chi connectivity index (χ1v) is 7.10.